The van der Waals surface area contributed by atoms with E-state index in [1.807, 2.05) is 57.1 Å². The lowest BCUT2D eigenvalue weighted by Crippen LogP contribution is -2.12. The van der Waals surface area contributed by atoms with E-state index in [-0.39, 0.29) is 12.1 Å². The third-order valence-corrected chi connectivity index (χ3v) is 5.04. The zero-order valence-corrected chi connectivity index (χ0v) is 17.5. The monoisotopic (exact) mass is 410 g/mol. The maximum absolute atomic E-state index is 6.23. The highest BCUT2D eigenvalue weighted by Crippen LogP contribution is 2.29. The van der Waals surface area contributed by atoms with Gasteiger partial charge in [-0.25, -0.2) is 4.98 Å². The van der Waals surface area contributed by atoms with Crippen molar-refractivity contribution >= 4 is 34.3 Å². The molecule has 8 nitrogen and oxygen atoms in total. The Balaban J connectivity index is 1.68. The molecule has 4 rings (SSSR count). The fourth-order valence-corrected chi connectivity index (χ4v) is 3.34. The summed E-state index contributed by atoms with van der Waals surface area (Å²) in [6.45, 7) is 4.12. The number of aromatic nitrogens is 6. The Bertz CT molecular complexity index is 1150. The highest BCUT2D eigenvalue weighted by molar-refractivity contribution is 6.31. The van der Waals surface area contributed by atoms with E-state index in [0.717, 1.165) is 27.8 Å². The molecule has 0 radical (unpaired) electrons. The van der Waals surface area contributed by atoms with Crippen LogP contribution in [0.5, 0.6) is 0 Å². The molecule has 0 aliphatic heterocycles. The first kappa shape index (κ1) is 19.2. The Morgan fingerprint density at radius 3 is 2.10 bits per heavy atom. The topological polar surface area (TPSA) is 85.5 Å². The summed E-state index contributed by atoms with van der Waals surface area (Å²) < 4.78 is 3.56. The zero-order valence-electron chi connectivity index (χ0n) is 16.8. The number of hydrogen-bond acceptors (Lipinski definition) is 6. The van der Waals surface area contributed by atoms with E-state index in [9.17, 15) is 0 Å². The van der Waals surface area contributed by atoms with E-state index >= 15 is 0 Å². The normalized spacial score (nSPS) is 13.4. The average Bonchev–Trinajstić information content (AvgIpc) is 3.31. The first-order valence-electron chi connectivity index (χ1n) is 9.36. The molecule has 3 heterocycles. The molecular weight excluding hydrogens is 388 g/mol. The molecule has 2 N–H and O–H groups in total. The van der Waals surface area contributed by atoms with Crippen molar-refractivity contribution in [2.75, 3.05) is 10.6 Å². The molecule has 9 heteroatoms. The van der Waals surface area contributed by atoms with Crippen molar-refractivity contribution in [3.63, 3.8) is 0 Å². The van der Waals surface area contributed by atoms with Crippen LogP contribution in [0.2, 0.25) is 5.02 Å². The number of fused-ring (bicyclic) bond motifs is 1. The van der Waals surface area contributed by atoms with Crippen molar-refractivity contribution in [1.29, 1.82) is 0 Å². The highest BCUT2D eigenvalue weighted by atomic mass is 35.5. The third-order valence-electron chi connectivity index (χ3n) is 4.81. The van der Waals surface area contributed by atoms with Gasteiger partial charge < -0.3 is 10.6 Å². The number of rotatable bonds is 6. The summed E-state index contributed by atoms with van der Waals surface area (Å²) in [5.74, 6) is 1.26. The molecule has 29 heavy (non-hydrogen) atoms. The quantitative estimate of drug-likeness (QED) is 0.497. The molecule has 0 fully saturated rings. The van der Waals surface area contributed by atoms with Crippen molar-refractivity contribution in [2.24, 2.45) is 14.1 Å². The van der Waals surface area contributed by atoms with Crippen LogP contribution in [0.25, 0.3) is 10.9 Å². The second kappa shape index (κ2) is 7.71. The van der Waals surface area contributed by atoms with Crippen LogP contribution in [-0.2, 0) is 14.1 Å². The van der Waals surface area contributed by atoms with Crippen LogP contribution in [0, 0.1) is 0 Å². The number of nitrogens with zero attached hydrogens (tertiary/aromatic N) is 6. The molecule has 2 unspecified atom stereocenters. The smallest absolute Gasteiger partial charge is 0.225 e. The summed E-state index contributed by atoms with van der Waals surface area (Å²) in [6, 6.07) is 5.64. The number of aryl methyl sites for hydroxylation is 2. The van der Waals surface area contributed by atoms with Gasteiger partial charge in [-0.15, -0.1) is 0 Å². The first-order chi connectivity index (χ1) is 13.9. The molecule has 0 spiro atoms. The Morgan fingerprint density at radius 2 is 1.52 bits per heavy atom. The first-order valence-corrected chi connectivity index (χ1v) is 9.74. The Morgan fingerprint density at radius 1 is 0.897 bits per heavy atom. The van der Waals surface area contributed by atoms with E-state index in [1.54, 1.807) is 9.36 Å². The summed E-state index contributed by atoms with van der Waals surface area (Å²) in [4.78, 5) is 9.41. The van der Waals surface area contributed by atoms with Crippen LogP contribution in [0.15, 0.2) is 43.0 Å². The Kier molecular flexibility index (Phi) is 5.10. The number of halogens is 1. The van der Waals surface area contributed by atoms with Gasteiger partial charge in [-0.2, -0.15) is 15.2 Å². The second-order valence-electron chi connectivity index (χ2n) is 7.18. The van der Waals surface area contributed by atoms with Gasteiger partial charge in [-0.1, -0.05) is 11.6 Å². The minimum absolute atomic E-state index is 0.0112. The van der Waals surface area contributed by atoms with Crippen LogP contribution >= 0.6 is 11.6 Å². The SMILES string of the molecule is CC(Nc1nc(NC(C)c2cnn(C)c2)c2cc(Cl)ccc2n1)c1cnn(C)c1. The molecule has 0 saturated heterocycles. The zero-order chi connectivity index (χ0) is 20.5. The number of nitrogens with one attached hydrogen (secondary N) is 2. The van der Waals surface area contributed by atoms with Gasteiger partial charge in [0.1, 0.15) is 5.82 Å². The fraction of sp³-hybridized carbons (Fsp3) is 0.300. The number of hydrogen-bond donors (Lipinski definition) is 2. The van der Waals surface area contributed by atoms with Crippen molar-refractivity contribution in [2.45, 2.75) is 25.9 Å². The van der Waals surface area contributed by atoms with E-state index in [4.69, 9.17) is 16.6 Å². The summed E-state index contributed by atoms with van der Waals surface area (Å²) in [7, 11) is 3.80. The Hall–Kier alpha value is -3.13. The summed E-state index contributed by atoms with van der Waals surface area (Å²) in [6.07, 6.45) is 7.64. The predicted molar refractivity (Wildman–Crippen MR) is 115 cm³/mol. The summed E-state index contributed by atoms with van der Waals surface area (Å²) in [5.41, 5.74) is 2.94. The van der Waals surface area contributed by atoms with Crippen LogP contribution in [-0.4, -0.2) is 29.5 Å². The number of anilines is 2. The van der Waals surface area contributed by atoms with Gasteiger partial charge in [0.2, 0.25) is 5.95 Å². The molecule has 0 amide bonds. The van der Waals surface area contributed by atoms with Crippen molar-refractivity contribution in [3.05, 3.63) is 59.1 Å². The molecule has 4 aromatic rings. The van der Waals surface area contributed by atoms with Crippen LogP contribution < -0.4 is 10.6 Å². The van der Waals surface area contributed by atoms with E-state index in [0.29, 0.717) is 11.0 Å². The lowest BCUT2D eigenvalue weighted by atomic mass is 10.1. The number of benzene rings is 1. The fourth-order valence-electron chi connectivity index (χ4n) is 3.17. The minimum Gasteiger partial charge on any atom is -0.363 e. The summed E-state index contributed by atoms with van der Waals surface area (Å²) >= 11 is 6.23. The lowest BCUT2D eigenvalue weighted by molar-refractivity contribution is 0.764. The molecule has 2 atom stereocenters. The van der Waals surface area contributed by atoms with Crippen LogP contribution in [0.1, 0.15) is 37.1 Å². The molecule has 1 aromatic carbocycles. The maximum Gasteiger partial charge on any atom is 0.225 e. The van der Waals surface area contributed by atoms with Crippen molar-refractivity contribution < 1.29 is 0 Å². The van der Waals surface area contributed by atoms with Crippen molar-refractivity contribution in [1.82, 2.24) is 29.5 Å². The van der Waals surface area contributed by atoms with Gasteiger partial charge in [0.25, 0.3) is 0 Å². The van der Waals surface area contributed by atoms with Gasteiger partial charge in [0.15, 0.2) is 0 Å². The van der Waals surface area contributed by atoms with Gasteiger partial charge in [0, 0.05) is 48.0 Å². The lowest BCUT2D eigenvalue weighted by Gasteiger charge is -2.18. The molecule has 0 bridgehead atoms. The minimum atomic E-state index is 0.0112. The predicted octanol–water partition coefficient (Wildman–Crippen LogP) is 4.10. The van der Waals surface area contributed by atoms with Crippen LogP contribution in [0.3, 0.4) is 0 Å². The molecular formula is C20H23ClN8. The van der Waals surface area contributed by atoms with E-state index in [1.165, 1.54) is 0 Å². The maximum atomic E-state index is 6.23. The largest absolute Gasteiger partial charge is 0.363 e. The van der Waals surface area contributed by atoms with E-state index < -0.39 is 0 Å². The molecule has 150 valence electrons. The molecule has 0 aliphatic carbocycles. The van der Waals surface area contributed by atoms with Gasteiger partial charge >= 0.3 is 0 Å². The molecule has 0 aliphatic rings. The van der Waals surface area contributed by atoms with Crippen LogP contribution in [0.4, 0.5) is 11.8 Å². The van der Waals surface area contributed by atoms with Gasteiger partial charge in [0.05, 0.1) is 30.0 Å². The standard InChI is InChI=1S/C20H23ClN8/c1-12(14-8-22-28(3)10-14)24-19-17-7-16(21)5-6-18(17)26-20(27-19)25-13(2)15-9-23-29(4)11-15/h5-13H,1-4H3,(H2,24,25,26,27). The average molecular weight is 411 g/mol. The second-order valence-corrected chi connectivity index (χ2v) is 7.62. The van der Waals surface area contributed by atoms with Gasteiger partial charge in [-0.05, 0) is 32.0 Å². The molecule has 3 aromatic heterocycles. The molecule has 0 saturated carbocycles. The van der Waals surface area contributed by atoms with E-state index in [2.05, 4.69) is 39.7 Å². The third kappa shape index (κ3) is 4.17. The van der Waals surface area contributed by atoms with Gasteiger partial charge in [-0.3, -0.25) is 9.36 Å². The Labute approximate surface area is 173 Å². The van der Waals surface area contributed by atoms with Crippen molar-refractivity contribution in [3.8, 4) is 0 Å². The summed E-state index contributed by atoms with van der Waals surface area (Å²) in [5, 5.41) is 16.8. The highest BCUT2D eigenvalue weighted by Gasteiger charge is 2.15.